The summed E-state index contributed by atoms with van der Waals surface area (Å²) in [6.07, 6.45) is 2.38. The highest BCUT2D eigenvalue weighted by molar-refractivity contribution is 5.80. The molecule has 3 N–H and O–H groups in total. The lowest BCUT2D eigenvalue weighted by Crippen LogP contribution is -2.54. The van der Waals surface area contributed by atoms with Gasteiger partial charge in [0.1, 0.15) is 0 Å². The summed E-state index contributed by atoms with van der Waals surface area (Å²) in [4.78, 5) is 11.2. The molecular weight excluding hydrogens is 188 g/mol. The van der Waals surface area contributed by atoms with Crippen LogP contribution in [0.1, 0.15) is 40.5 Å². The molecule has 0 aliphatic heterocycles. The van der Waals surface area contributed by atoms with E-state index in [0.717, 1.165) is 11.8 Å². The highest BCUT2D eigenvalue weighted by Crippen LogP contribution is 2.34. The summed E-state index contributed by atoms with van der Waals surface area (Å²) in [6.45, 7) is 8.58. The molecule has 15 heavy (non-hydrogen) atoms. The molecule has 1 amide bonds. The van der Waals surface area contributed by atoms with Gasteiger partial charge in [-0.2, -0.15) is 0 Å². The summed E-state index contributed by atoms with van der Waals surface area (Å²) in [6, 6.07) is 0.334. The van der Waals surface area contributed by atoms with Gasteiger partial charge in [0.2, 0.25) is 5.91 Å². The molecular formula is C12H24N2O. The van der Waals surface area contributed by atoms with E-state index in [4.69, 9.17) is 5.73 Å². The zero-order valence-electron chi connectivity index (χ0n) is 10.3. The molecule has 1 saturated carbocycles. The summed E-state index contributed by atoms with van der Waals surface area (Å²) in [7, 11) is 0. The van der Waals surface area contributed by atoms with Crippen molar-refractivity contribution in [2.24, 2.45) is 23.5 Å². The summed E-state index contributed by atoms with van der Waals surface area (Å²) in [5.41, 5.74) is 5.36. The fourth-order valence-electron chi connectivity index (χ4n) is 2.20. The average Bonchev–Trinajstić information content (AvgIpc) is 1.98. The van der Waals surface area contributed by atoms with Crippen LogP contribution in [0.25, 0.3) is 0 Å². The quantitative estimate of drug-likeness (QED) is 0.726. The van der Waals surface area contributed by atoms with E-state index in [2.05, 4.69) is 19.2 Å². The Morgan fingerprint density at radius 1 is 1.27 bits per heavy atom. The van der Waals surface area contributed by atoms with E-state index < -0.39 is 0 Å². The van der Waals surface area contributed by atoms with Crippen molar-refractivity contribution >= 4 is 5.91 Å². The lowest BCUT2D eigenvalue weighted by atomic mass is 9.73. The third kappa shape index (κ3) is 3.20. The fourth-order valence-corrected chi connectivity index (χ4v) is 2.20. The molecule has 0 aromatic rings. The van der Waals surface area contributed by atoms with Gasteiger partial charge in [0.05, 0.1) is 6.04 Å². The number of carbonyl (C=O) groups is 1. The maximum atomic E-state index is 11.2. The number of amides is 1. The summed E-state index contributed by atoms with van der Waals surface area (Å²) in [5, 5.41) is 3.36. The van der Waals surface area contributed by atoms with Gasteiger partial charge in [0.25, 0.3) is 0 Å². The maximum Gasteiger partial charge on any atom is 0.234 e. The van der Waals surface area contributed by atoms with E-state index in [1.54, 1.807) is 0 Å². The predicted molar refractivity (Wildman–Crippen MR) is 62.3 cm³/mol. The SMILES string of the molecule is CC(C)C1CC(NC(C(N)=O)C(C)C)C1. The van der Waals surface area contributed by atoms with Crippen LogP contribution in [0.4, 0.5) is 0 Å². The van der Waals surface area contributed by atoms with Crippen molar-refractivity contribution in [3.63, 3.8) is 0 Å². The molecule has 0 radical (unpaired) electrons. The molecule has 0 aromatic carbocycles. The largest absolute Gasteiger partial charge is 0.368 e. The van der Waals surface area contributed by atoms with Crippen LogP contribution in [0.15, 0.2) is 0 Å². The van der Waals surface area contributed by atoms with Crippen LogP contribution in [0, 0.1) is 17.8 Å². The minimum atomic E-state index is -0.224. The van der Waals surface area contributed by atoms with Crippen molar-refractivity contribution in [1.82, 2.24) is 5.32 Å². The number of nitrogens with one attached hydrogen (secondary N) is 1. The second kappa shape index (κ2) is 4.97. The van der Waals surface area contributed by atoms with E-state index >= 15 is 0 Å². The van der Waals surface area contributed by atoms with Gasteiger partial charge >= 0.3 is 0 Å². The van der Waals surface area contributed by atoms with Crippen LogP contribution in [0.2, 0.25) is 0 Å². The van der Waals surface area contributed by atoms with Crippen LogP contribution >= 0.6 is 0 Å². The van der Waals surface area contributed by atoms with Gasteiger partial charge in [0.15, 0.2) is 0 Å². The van der Waals surface area contributed by atoms with Crippen LogP contribution < -0.4 is 11.1 Å². The standard InChI is InChI=1S/C12H24N2O/c1-7(2)9-5-10(6-9)14-11(8(3)4)12(13)15/h7-11,14H,5-6H2,1-4H3,(H2,13,15). The molecule has 1 aliphatic rings. The molecule has 0 spiro atoms. The van der Waals surface area contributed by atoms with Gasteiger partial charge in [-0.25, -0.2) is 0 Å². The molecule has 88 valence electrons. The highest BCUT2D eigenvalue weighted by atomic mass is 16.1. The lowest BCUT2D eigenvalue weighted by molar-refractivity contribution is -0.121. The monoisotopic (exact) mass is 212 g/mol. The van der Waals surface area contributed by atoms with Crippen molar-refractivity contribution < 1.29 is 4.79 Å². The molecule has 0 aromatic heterocycles. The number of hydrogen-bond acceptors (Lipinski definition) is 2. The molecule has 0 bridgehead atoms. The number of nitrogens with two attached hydrogens (primary N) is 1. The normalized spacial score (nSPS) is 27.9. The molecule has 1 rings (SSSR count). The second-order valence-corrected chi connectivity index (χ2v) is 5.46. The van der Waals surface area contributed by atoms with Gasteiger partial charge in [-0.3, -0.25) is 4.79 Å². The van der Waals surface area contributed by atoms with Gasteiger partial charge < -0.3 is 11.1 Å². The van der Waals surface area contributed by atoms with Gasteiger partial charge in [-0.05, 0) is 30.6 Å². The first-order chi connectivity index (χ1) is 6.91. The fraction of sp³-hybridized carbons (Fsp3) is 0.917. The second-order valence-electron chi connectivity index (χ2n) is 5.46. The van der Waals surface area contributed by atoms with Crippen LogP contribution in [-0.4, -0.2) is 18.0 Å². The molecule has 3 nitrogen and oxygen atoms in total. The van der Waals surface area contributed by atoms with E-state index in [1.165, 1.54) is 12.8 Å². The number of rotatable bonds is 5. The number of hydrogen-bond donors (Lipinski definition) is 2. The average molecular weight is 212 g/mol. The molecule has 1 aliphatic carbocycles. The van der Waals surface area contributed by atoms with Crippen molar-refractivity contribution in [1.29, 1.82) is 0 Å². The Hall–Kier alpha value is -0.570. The minimum absolute atomic E-state index is 0.164. The van der Waals surface area contributed by atoms with Gasteiger partial charge in [-0.15, -0.1) is 0 Å². The molecule has 1 fully saturated rings. The minimum Gasteiger partial charge on any atom is -0.368 e. The summed E-state index contributed by atoms with van der Waals surface area (Å²) >= 11 is 0. The Morgan fingerprint density at radius 3 is 2.13 bits per heavy atom. The van der Waals surface area contributed by atoms with Crippen LogP contribution in [0.3, 0.4) is 0 Å². The zero-order valence-corrected chi connectivity index (χ0v) is 10.3. The molecule has 1 unspecified atom stereocenters. The lowest BCUT2D eigenvalue weighted by Gasteiger charge is -2.40. The first kappa shape index (κ1) is 12.5. The number of primary amides is 1. The Bertz CT molecular complexity index is 220. The van der Waals surface area contributed by atoms with E-state index in [1.807, 2.05) is 13.8 Å². The first-order valence-electron chi connectivity index (χ1n) is 5.97. The molecule has 0 saturated heterocycles. The smallest absolute Gasteiger partial charge is 0.234 e. The topological polar surface area (TPSA) is 55.1 Å². The van der Waals surface area contributed by atoms with Crippen LogP contribution in [-0.2, 0) is 4.79 Å². The van der Waals surface area contributed by atoms with Crippen LogP contribution in [0.5, 0.6) is 0 Å². The van der Waals surface area contributed by atoms with Crippen molar-refractivity contribution in [3.05, 3.63) is 0 Å². The Morgan fingerprint density at radius 2 is 1.80 bits per heavy atom. The van der Waals surface area contributed by atoms with Gasteiger partial charge in [0, 0.05) is 6.04 Å². The molecule has 0 heterocycles. The van der Waals surface area contributed by atoms with E-state index in [9.17, 15) is 4.79 Å². The van der Waals surface area contributed by atoms with E-state index in [-0.39, 0.29) is 17.9 Å². The predicted octanol–water partition coefficient (Wildman–Crippen LogP) is 1.52. The maximum absolute atomic E-state index is 11.2. The summed E-state index contributed by atoms with van der Waals surface area (Å²) in [5.74, 6) is 1.64. The van der Waals surface area contributed by atoms with Crippen molar-refractivity contribution in [2.75, 3.05) is 0 Å². The summed E-state index contributed by atoms with van der Waals surface area (Å²) < 4.78 is 0. The Labute approximate surface area is 92.8 Å². The number of carbonyl (C=O) groups excluding carboxylic acids is 1. The first-order valence-corrected chi connectivity index (χ1v) is 5.97. The Balaban J connectivity index is 2.33. The zero-order chi connectivity index (χ0) is 11.6. The van der Waals surface area contributed by atoms with E-state index in [0.29, 0.717) is 6.04 Å². The third-order valence-corrected chi connectivity index (χ3v) is 3.51. The third-order valence-electron chi connectivity index (χ3n) is 3.51. The highest BCUT2D eigenvalue weighted by Gasteiger charge is 2.34. The molecule has 1 atom stereocenters. The molecule has 3 heteroatoms. The van der Waals surface area contributed by atoms with Crippen molar-refractivity contribution in [2.45, 2.75) is 52.6 Å². The van der Waals surface area contributed by atoms with Gasteiger partial charge in [-0.1, -0.05) is 27.7 Å². The van der Waals surface area contributed by atoms with Crippen molar-refractivity contribution in [3.8, 4) is 0 Å². The Kier molecular flexibility index (Phi) is 4.14.